The molecule has 1 aliphatic rings. The number of hydrogen-bond donors (Lipinski definition) is 0. The minimum Gasteiger partial charge on any atom is -0.469 e. The van der Waals surface area contributed by atoms with Gasteiger partial charge in [-0.2, -0.15) is 0 Å². The maximum Gasteiger partial charge on any atom is 0.305 e. The van der Waals surface area contributed by atoms with Crippen molar-refractivity contribution in [2.75, 3.05) is 13.7 Å². The van der Waals surface area contributed by atoms with E-state index in [0.29, 0.717) is 36.6 Å². The van der Waals surface area contributed by atoms with Crippen molar-refractivity contribution in [1.82, 2.24) is 0 Å². The van der Waals surface area contributed by atoms with Crippen LogP contribution < -0.4 is 0 Å². The van der Waals surface area contributed by atoms with E-state index in [1.54, 1.807) is 0 Å². The molecular weight excluding hydrogens is 230 g/mol. The minimum atomic E-state index is -0.135. The van der Waals surface area contributed by atoms with Crippen LogP contribution in [-0.2, 0) is 9.53 Å². The summed E-state index contributed by atoms with van der Waals surface area (Å²) in [6.45, 7) is 9.18. The first-order valence-electron chi connectivity index (χ1n) is 6.87. The fourth-order valence-electron chi connectivity index (χ4n) is 2.70. The van der Waals surface area contributed by atoms with Crippen molar-refractivity contribution in [2.45, 2.75) is 46.6 Å². The smallest absolute Gasteiger partial charge is 0.305 e. The highest BCUT2D eigenvalue weighted by Gasteiger charge is 2.45. The number of carbonyl (C=O) groups excluding carboxylic acids is 1. The minimum absolute atomic E-state index is 0.135. The van der Waals surface area contributed by atoms with E-state index >= 15 is 0 Å². The molecule has 0 aromatic heterocycles. The molecule has 18 heavy (non-hydrogen) atoms. The maximum absolute atomic E-state index is 11.3. The predicted molar refractivity (Wildman–Crippen MR) is 70.2 cm³/mol. The zero-order valence-corrected chi connectivity index (χ0v) is 12.2. The highest BCUT2D eigenvalue weighted by molar-refractivity contribution is 5.69. The molecule has 0 radical (unpaired) electrons. The summed E-state index contributed by atoms with van der Waals surface area (Å²) >= 11 is 0. The first kappa shape index (κ1) is 15.1. The van der Waals surface area contributed by atoms with E-state index in [1.807, 2.05) is 6.92 Å². The van der Waals surface area contributed by atoms with E-state index in [9.17, 15) is 9.70 Å². The normalized spacial score (nSPS) is 28.2. The van der Waals surface area contributed by atoms with Crippen LogP contribution >= 0.6 is 0 Å². The SMILES string of the molecule is COC(=O)CC(C)C(C)C(C)CC1C[N+](=O)C1C. The number of hydrogen-bond acceptors (Lipinski definition) is 3. The molecule has 0 aliphatic carbocycles. The molecule has 5 unspecified atom stereocenters. The predicted octanol–water partition coefficient (Wildman–Crippen LogP) is 2.65. The third kappa shape index (κ3) is 3.53. The number of esters is 1. The number of nitroso groups, excluding NO2 is 1. The van der Waals surface area contributed by atoms with Crippen LogP contribution in [0.3, 0.4) is 0 Å². The van der Waals surface area contributed by atoms with Gasteiger partial charge in [0.1, 0.15) is 0 Å². The van der Waals surface area contributed by atoms with Crippen LogP contribution in [-0.4, -0.2) is 30.4 Å². The van der Waals surface area contributed by atoms with Crippen molar-refractivity contribution >= 4 is 5.97 Å². The molecule has 5 atom stereocenters. The Kier molecular flexibility index (Phi) is 5.29. The molecule has 4 heteroatoms. The lowest BCUT2D eigenvalue weighted by atomic mass is 9.75. The van der Waals surface area contributed by atoms with Gasteiger partial charge in [0.05, 0.1) is 13.0 Å². The van der Waals surface area contributed by atoms with E-state index in [2.05, 4.69) is 20.8 Å². The molecule has 1 rings (SSSR count). The first-order chi connectivity index (χ1) is 8.36. The van der Waals surface area contributed by atoms with Crippen LogP contribution in [0.25, 0.3) is 0 Å². The number of nitrogens with zero attached hydrogens (tertiary/aromatic N) is 1. The van der Waals surface area contributed by atoms with Gasteiger partial charge in [0.2, 0.25) is 12.6 Å². The van der Waals surface area contributed by atoms with Crippen LogP contribution in [0.15, 0.2) is 0 Å². The third-order valence-electron chi connectivity index (χ3n) is 4.74. The van der Waals surface area contributed by atoms with Gasteiger partial charge in [0, 0.05) is 23.0 Å². The zero-order valence-electron chi connectivity index (χ0n) is 12.2. The average molecular weight is 256 g/mol. The third-order valence-corrected chi connectivity index (χ3v) is 4.74. The van der Waals surface area contributed by atoms with Crippen molar-refractivity contribution in [3.8, 4) is 0 Å². The second-order valence-corrected chi connectivity index (χ2v) is 5.93. The summed E-state index contributed by atoms with van der Waals surface area (Å²) in [5, 5.41) is 0. The topological polar surface area (TPSA) is 46.4 Å². The van der Waals surface area contributed by atoms with Gasteiger partial charge in [0.25, 0.3) is 0 Å². The molecule has 0 N–H and O–H groups in total. The highest BCUT2D eigenvalue weighted by Crippen LogP contribution is 2.33. The second kappa shape index (κ2) is 6.30. The molecule has 1 fully saturated rings. The van der Waals surface area contributed by atoms with Gasteiger partial charge in [-0.3, -0.25) is 4.79 Å². The number of carbonyl (C=O) groups is 1. The van der Waals surface area contributed by atoms with Crippen molar-refractivity contribution in [1.29, 1.82) is 0 Å². The molecule has 4 nitrogen and oxygen atoms in total. The Labute approximate surface area is 110 Å². The van der Waals surface area contributed by atoms with Gasteiger partial charge in [-0.05, 0) is 24.2 Å². The van der Waals surface area contributed by atoms with Gasteiger partial charge < -0.3 is 4.74 Å². The summed E-state index contributed by atoms with van der Waals surface area (Å²) in [7, 11) is 1.43. The summed E-state index contributed by atoms with van der Waals surface area (Å²) in [6.07, 6.45) is 1.56. The van der Waals surface area contributed by atoms with E-state index < -0.39 is 0 Å². The average Bonchev–Trinajstić information content (AvgIpc) is 2.36. The molecule has 1 saturated heterocycles. The Morgan fingerprint density at radius 2 is 1.94 bits per heavy atom. The first-order valence-corrected chi connectivity index (χ1v) is 6.87. The van der Waals surface area contributed by atoms with Crippen molar-refractivity contribution < 1.29 is 14.3 Å². The Hall–Kier alpha value is -0.930. The fourth-order valence-corrected chi connectivity index (χ4v) is 2.70. The Balaban J connectivity index is 2.38. The lowest BCUT2D eigenvalue weighted by Crippen LogP contribution is -2.47. The monoisotopic (exact) mass is 256 g/mol. The number of rotatable bonds is 6. The van der Waals surface area contributed by atoms with Gasteiger partial charge in [0.15, 0.2) is 0 Å². The standard InChI is InChI=1S/C14H26NO3/c1-9(6-13-8-15(17)12(13)4)11(3)10(2)7-14(16)18-5/h9-13H,6-8H2,1-5H3/q+1. The number of methoxy groups -OCH3 is 1. The summed E-state index contributed by atoms with van der Waals surface area (Å²) in [5.74, 6) is 1.71. The van der Waals surface area contributed by atoms with Gasteiger partial charge in [-0.25, -0.2) is 0 Å². The summed E-state index contributed by atoms with van der Waals surface area (Å²) in [4.78, 5) is 22.4. The Bertz CT molecular complexity index is 316. The summed E-state index contributed by atoms with van der Waals surface area (Å²) in [6, 6.07) is 0.163. The van der Waals surface area contributed by atoms with Crippen LogP contribution in [0.5, 0.6) is 0 Å². The lowest BCUT2D eigenvalue weighted by molar-refractivity contribution is -0.661. The van der Waals surface area contributed by atoms with Gasteiger partial charge in [-0.15, -0.1) is 0 Å². The van der Waals surface area contributed by atoms with Crippen molar-refractivity contribution in [2.24, 2.45) is 23.7 Å². The summed E-state index contributed by atoms with van der Waals surface area (Å²) in [5.41, 5.74) is 0. The molecule has 0 spiro atoms. The Morgan fingerprint density at radius 1 is 1.33 bits per heavy atom. The molecule has 0 aromatic carbocycles. The van der Waals surface area contributed by atoms with Gasteiger partial charge in [-0.1, -0.05) is 20.8 Å². The fraction of sp³-hybridized carbons (Fsp3) is 0.929. The largest absolute Gasteiger partial charge is 0.469 e. The summed E-state index contributed by atoms with van der Waals surface area (Å²) < 4.78 is 5.86. The van der Waals surface area contributed by atoms with E-state index in [0.717, 1.165) is 11.2 Å². The quantitative estimate of drug-likeness (QED) is 0.542. The van der Waals surface area contributed by atoms with Crippen LogP contribution in [0.4, 0.5) is 0 Å². The zero-order chi connectivity index (χ0) is 13.9. The van der Waals surface area contributed by atoms with Crippen LogP contribution in [0, 0.1) is 28.6 Å². The number of ether oxygens (including phenoxy) is 1. The van der Waals surface area contributed by atoms with Crippen molar-refractivity contribution in [3.05, 3.63) is 4.91 Å². The van der Waals surface area contributed by atoms with E-state index in [4.69, 9.17) is 4.74 Å². The van der Waals surface area contributed by atoms with Gasteiger partial charge >= 0.3 is 5.97 Å². The molecule has 1 heterocycles. The molecule has 104 valence electrons. The molecule has 0 aromatic rings. The molecule has 0 saturated carbocycles. The Morgan fingerprint density at radius 3 is 2.39 bits per heavy atom. The van der Waals surface area contributed by atoms with Crippen LogP contribution in [0.2, 0.25) is 0 Å². The van der Waals surface area contributed by atoms with Crippen LogP contribution in [0.1, 0.15) is 40.5 Å². The lowest BCUT2D eigenvalue weighted by Gasteiger charge is -2.31. The molecule has 0 bridgehead atoms. The highest BCUT2D eigenvalue weighted by atomic mass is 16.5. The maximum atomic E-state index is 11.3. The molecular formula is C14H26NO3+. The molecule has 1 aliphatic heterocycles. The van der Waals surface area contributed by atoms with E-state index in [1.165, 1.54) is 7.11 Å². The second-order valence-electron chi connectivity index (χ2n) is 5.93. The molecule has 0 amide bonds. The van der Waals surface area contributed by atoms with Crippen molar-refractivity contribution in [3.63, 3.8) is 0 Å². The van der Waals surface area contributed by atoms with E-state index in [-0.39, 0.29) is 12.0 Å².